The molecule has 0 aliphatic heterocycles. The Morgan fingerprint density at radius 2 is 1.89 bits per heavy atom. The lowest BCUT2D eigenvalue weighted by molar-refractivity contribution is 0.518. The first-order valence-electron chi connectivity index (χ1n) is 6.32. The molecule has 18 heavy (non-hydrogen) atoms. The molecule has 4 heteroatoms. The van der Waals surface area contributed by atoms with Crippen molar-refractivity contribution in [2.45, 2.75) is 39.4 Å². The number of hydrogen-bond acceptors (Lipinski definition) is 3. The molecule has 2 heterocycles. The zero-order valence-corrected chi connectivity index (χ0v) is 11.2. The minimum Gasteiger partial charge on any atom is -0.331 e. The third kappa shape index (κ3) is 2.96. The van der Waals surface area contributed by atoms with Gasteiger partial charge in [-0.2, -0.15) is 0 Å². The third-order valence-electron chi connectivity index (χ3n) is 3.10. The summed E-state index contributed by atoms with van der Waals surface area (Å²) >= 11 is 0. The Balaban J connectivity index is 1.97. The fraction of sp³-hybridized carbons (Fsp3) is 0.429. The van der Waals surface area contributed by atoms with Gasteiger partial charge >= 0.3 is 0 Å². The molecule has 2 aromatic rings. The van der Waals surface area contributed by atoms with E-state index in [9.17, 15) is 0 Å². The van der Waals surface area contributed by atoms with Crippen LogP contribution in [-0.2, 0) is 6.54 Å². The van der Waals surface area contributed by atoms with Gasteiger partial charge in [0.2, 0.25) is 0 Å². The third-order valence-corrected chi connectivity index (χ3v) is 3.10. The molecule has 0 spiro atoms. The molecule has 4 nitrogen and oxygen atoms in total. The first-order chi connectivity index (χ1) is 8.68. The second-order valence-electron chi connectivity index (χ2n) is 4.77. The second-order valence-corrected chi connectivity index (χ2v) is 4.77. The summed E-state index contributed by atoms with van der Waals surface area (Å²) in [5, 5.41) is 3.51. The number of nitrogens with zero attached hydrogens (tertiary/aromatic N) is 3. The largest absolute Gasteiger partial charge is 0.331 e. The Morgan fingerprint density at radius 1 is 1.17 bits per heavy atom. The van der Waals surface area contributed by atoms with E-state index in [4.69, 9.17) is 0 Å². The number of nitrogens with one attached hydrogen (secondary N) is 1. The van der Waals surface area contributed by atoms with E-state index in [1.165, 1.54) is 11.3 Å². The van der Waals surface area contributed by atoms with Gasteiger partial charge in [0.1, 0.15) is 0 Å². The van der Waals surface area contributed by atoms with E-state index < -0.39 is 0 Å². The lowest BCUT2D eigenvalue weighted by Crippen LogP contribution is -2.20. The van der Waals surface area contributed by atoms with E-state index in [0.29, 0.717) is 12.1 Å². The second kappa shape index (κ2) is 5.78. The van der Waals surface area contributed by atoms with Crippen molar-refractivity contribution < 1.29 is 0 Å². The molecule has 1 unspecified atom stereocenters. The molecular formula is C14H20N4. The zero-order valence-electron chi connectivity index (χ0n) is 11.2. The molecule has 0 radical (unpaired) electrons. The van der Waals surface area contributed by atoms with Crippen LogP contribution >= 0.6 is 0 Å². The summed E-state index contributed by atoms with van der Waals surface area (Å²) in [6, 6.07) is 4.83. The Hall–Kier alpha value is -1.68. The molecule has 96 valence electrons. The van der Waals surface area contributed by atoms with Crippen molar-refractivity contribution in [2.24, 2.45) is 0 Å². The molecule has 0 aromatic carbocycles. The topological polar surface area (TPSA) is 42.7 Å². The fourth-order valence-corrected chi connectivity index (χ4v) is 1.96. The molecular weight excluding hydrogens is 224 g/mol. The highest BCUT2D eigenvalue weighted by atomic mass is 15.1. The van der Waals surface area contributed by atoms with Crippen LogP contribution in [0.5, 0.6) is 0 Å². The Kier molecular flexibility index (Phi) is 4.10. The van der Waals surface area contributed by atoms with Crippen molar-refractivity contribution in [3.05, 3.63) is 48.3 Å². The van der Waals surface area contributed by atoms with Crippen molar-refractivity contribution >= 4 is 0 Å². The quantitative estimate of drug-likeness (QED) is 0.879. The van der Waals surface area contributed by atoms with Crippen LogP contribution in [0.2, 0.25) is 0 Å². The minimum absolute atomic E-state index is 0.309. The zero-order chi connectivity index (χ0) is 13.0. The summed E-state index contributed by atoms with van der Waals surface area (Å²) in [5.41, 5.74) is 2.46. The molecule has 0 fully saturated rings. The Bertz CT molecular complexity index is 476. The molecule has 0 aliphatic rings. The Morgan fingerprint density at radius 3 is 2.56 bits per heavy atom. The maximum atomic E-state index is 4.21. The van der Waals surface area contributed by atoms with Crippen molar-refractivity contribution in [3.63, 3.8) is 0 Å². The minimum atomic E-state index is 0.309. The molecule has 0 saturated carbocycles. The average Bonchev–Trinajstić information content (AvgIpc) is 2.85. The van der Waals surface area contributed by atoms with Gasteiger partial charge in [-0.25, -0.2) is 4.98 Å². The van der Waals surface area contributed by atoms with Crippen LogP contribution in [-0.4, -0.2) is 14.5 Å². The number of imidazole rings is 1. The van der Waals surface area contributed by atoms with E-state index in [0.717, 1.165) is 6.54 Å². The molecule has 1 atom stereocenters. The van der Waals surface area contributed by atoms with Gasteiger partial charge in [0, 0.05) is 37.2 Å². The van der Waals surface area contributed by atoms with Crippen molar-refractivity contribution in [2.75, 3.05) is 0 Å². The summed E-state index contributed by atoms with van der Waals surface area (Å²) in [5.74, 6) is 0. The Labute approximate surface area is 108 Å². The monoisotopic (exact) mass is 244 g/mol. The van der Waals surface area contributed by atoms with Crippen LogP contribution in [0.1, 0.15) is 44.1 Å². The van der Waals surface area contributed by atoms with Crippen LogP contribution in [0.3, 0.4) is 0 Å². The summed E-state index contributed by atoms with van der Waals surface area (Å²) < 4.78 is 2.19. The van der Waals surface area contributed by atoms with Crippen LogP contribution in [0.4, 0.5) is 0 Å². The predicted molar refractivity (Wildman–Crippen MR) is 72.1 cm³/mol. The van der Waals surface area contributed by atoms with Crippen LogP contribution in [0.15, 0.2) is 37.1 Å². The van der Waals surface area contributed by atoms with Crippen molar-refractivity contribution in [1.29, 1.82) is 0 Å². The maximum absolute atomic E-state index is 4.21. The van der Waals surface area contributed by atoms with E-state index in [2.05, 4.69) is 40.6 Å². The van der Waals surface area contributed by atoms with Gasteiger partial charge < -0.3 is 9.88 Å². The van der Waals surface area contributed by atoms with Gasteiger partial charge in [0.25, 0.3) is 0 Å². The first-order valence-corrected chi connectivity index (χ1v) is 6.32. The van der Waals surface area contributed by atoms with Gasteiger partial charge in [-0.3, -0.25) is 4.98 Å². The van der Waals surface area contributed by atoms with E-state index >= 15 is 0 Å². The number of rotatable bonds is 5. The van der Waals surface area contributed by atoms with Gasteiger partial charge in [-0.1, -0.05) is 0 Å². The summed E-state index contributed by atoms with van der Waals surface area (Å²) in [6.45, 7) is 7.31. The van der Waals surface area contributed by atoms with Crippen LogP contribution < -0.4 is 5.32 Å². The SMILES string of the molecule is CC(NCc1cncn1C(C)C)c1ccncc1. The first kappa shape index (κ1) is 12.8. The van der Waals surface area contributed by atoms with Crippen LogP contribution in [0, 0.1) is 0 Å². The highest BCUT2D eigenvalue weighted by Gasteiger charge is 2.08. The average molecular weight is 244 g/mol. The van der Waals surface area contributed by atoms with Crippen molar-refractivity contribution in [3.8, 4) is 0 Å². The standard InChI is InChI=1S/C14H20N4/c1-11(2)18-10-16-8-14(18)9-17-12(3)13-4-6-15-7-5-13/h4-8,10-12,17H,9H2,1-3H3. The summed E-state index contributed by atoms with van der Waals surface area (Å²) in [6.07, 6.45) is 7.46. The molecule has 2 aromatic heterocycles. The molecule has 0 amide bonds. The molecule has 2 rings (SSSR count). The molecule has 0 saturated heterocycles. The fourth-order valence-electron chi connectivity index (χ4n) is 1.96. The van der Waals surface area contributed by atoms with E-state index in [1.54, 1.807) is 0 Å². The lowest BCUT2D eigenvalue weighted by Gasteiger charge is -2.16. The predicted octanol–water partition coefficient (Wildman–Crippen LogP) is 2.71. The summed E-state index contributed by atoms with van der Waals surface area (Å²) in [7, 11) is 0. The van der Waals surface area contributed by atoms with Gasteiger partial charge in [0.15, 0.2) is 0 Å². The van der Waals surface area contributed by atoms with E-state index in [-0.39, 0.29) is 0 Å². The van der Waals surface area contributed by atoms with Gasteiger partial charge in [0.05, 0.1) is 12.0 Å². The van der Waals surface area contributed by atoms with Gasteiger partial charge in [-0.15, -0.1) is 0 Å². The van der Waals surface area contributed by atoms with Gasteiger partial charge in [-0.05, 0) is 38.5 Å². The lowest BCUT2D eigenvalue weighted by atomic mass is 10.1. The maximum Gasteiger partial charge on any atom is 0.0951 e. The number of hydrogen-bond donors (Lipinski definition) is 1. The van der Waals surface area contributed by atoms with Crippen molar-refractivity contribution in [1.82, 2.24) is 19.9 Å². The normalized spacial score (nSPS) is 12.9. The number of pyridine rings is 1. The van der Waals surface area contributed by atoms with E-state index in [1.807, 2.05) is 37.1 Å². The molecule has 1 N–H and O–H groups in total. The summed E-state index contributed by atoms with van der Waals surface area (Å²) in [4.78, 5) is 8.24. The number of aromatic nitrogens is 3. The highest BCUT2D eigenvalue weighted by molar-refractivity contribution is 5.14. The molecule has 0 aliphatic carbocycles. The van der Waals surface area contributed by atoms with Crippen LogP contribution in [0.25, 0.3) is 0 Å². The highest BCUT2D eigenvalue weighted by Crippen LogP contribution is 2.13. The smallest absolute Gasteiger partial charge is 0.0951 e. The molecule has 0 bridgehead atoms.